The fraction of sp³-hybridized carbons (Fsp3) is 0. The van der Waals surface area contributed by atoms with Gasteiger partial charge in [0, 0.05) is 0 Å². The van der Waals surface area contributed by atoms with Crippen LogP contribution in [0.15, 0.2) is 194 Å². The van der Waals surface area contributed by atoms with E-state index >= 15 is 0 Å². The third-order valence-electron chi connectivity index (χ3n) is 8.48. The van der Waals surface area contributed by atoms with E-state index in [9.17, 15) is 0 Å². The van der Waals surface area contributed by atoms with Crippen molar-refractivity contribution in [3.8, 4) is 92.0 Å². The van der Waals surface area contributed by atoms with Gasteiger partial charge in [-0.05, 0) is 194 Å². The summed E-state index contributed by atoms with van der Waals surface area (Å²) in [6.45, 7) is 0. The lowest BCUT2D eigenvalue weighted by Gasteiger charge is -2.12. The molecular weight excluding hydrogens is 705 g/mol. The zero-order chi connectivity index (χ0) is 37.5. The van der Waals surface area contributed by atoms with E-state index in [2.05, 4.69) is 0 Å². The van der Waals surface area contributed by atoms with Crippen LogP contribution >= 0.6 is 0 Å². The first-order valence-corrected chi connectivity index (χ1v) is 17.8. The molecule has 0 spiro atoms. The minimum atomic E-state index is 0.677. The highest BCUT2D eigenvalue weighted by Crippen LogP contribution is 2.34. The van der Waals surface area contributed by atoms with Gasteiger partial charge < -0.3 is 37.9 Å². The summed E-state index contributed by atoms with van der Waals surface area (Å²) < 4.78 is 48.4. The zero-order valence-corrected chi connectivity index (χ0v) is 29.7. The molecule has 22 aliphatic heterocycles. The van der Waals surface area contributed by atoms with Gasteiger partial charge in [-0.25, -0.2) is 0 Å². The van der Waals surface area contributed by atoms with Crippen molar-refractivity contribution in [2.75, 3.05) is 0 Å². The molecule has 8 aromatic rings. The highest BCUT2D eigenvalue weighted by molar-refractivity contribution is 5.45. The lowest BCUT2D eigenvalue weighted by Crippen LogP contribution is -1.89. The third-order valence-corrected chi connectivity index (χ3v) is 8.48. The summed E-state index contributed by atoms with van der Waals surface area (Å²) in [6.07, 6.45) is 0. The minimum Gasteiger partial charge on any atom is -0.457 e. The van der Waals surface area contributed by atoms with Gasteiger partial charge in [0.1, 0.15) is 92.0 Å². The molecular formula is C48H32O8. The first-order chi connectivity index (χ1) is 27.6. The Bertz CT molecular complexity index is 1790. The lowest BCUT2D eigenvalue weighted by molar-refractivity contribution is 0.457. The van der Waals surface area contributed by atoms with E-state index in [4.69, 9.17) is 37.9 Å². The molecule has 8 nitrogen and oxygen atoms in total. The van der Waals surface area contributed by atoms with E-state index < -0.39 is 0 Å². The van der Waals surface area contributed by atoms with Crippen molar-refractivity contribution in [3.05, 3.63) is 194 Å². The molecule has 0 amide bonds. The largest absolute Gasteiger partial charge is 0.457 e. The van der Waals surface area contributed by atoms with Gasteiger partial charge >= 0.3 is 0 Å². The maximum Gasteiger partial charge on any atom is 0.127 e. The maximum atomic E-state index is 6.05. The summed E-state index contributed by atoms with van der Waals surface area (Å²) in [4.78, 5) is 0. The lowest BCUT2D eigenvalue weighted by atomic mass is 10.3. The summed E-state index contributed by atoms with van der Waals surface area (Å²) in [5, 5.41) is 0. The van der Waals surface area contributed by atoms with Gasteiger partial charge in [-0.2, -0.15) is 0 Å². The van der Waals surface area contributed by atoms with Gasteiger partial charge in [-0.1, -0.05) is 0 Å². The molecule has 22 heterocycles. The second-order valence-corrected chi connectivity index (χ2v) is 12.6. The van der Waals surface area contributed by atoms with Crippen molar-refractivity contribution in [1.82, 2.24) is 0 Å². The Labute approximate surface area is 323 Å². The summed E-state index contributed by atoms with van der Waals surface area (Å²) in [5.74, 6) is 10.8. The first-order valence-electron chi connectivity index (χ1n) is 17.8. The van der Waals surface area contributed by atoms with E-state index in [0.717, 1.165) is 0 Å². The Morgan fingerprint density at radius 1 is 0.107 bits per heavy atom. The molecule has 30 rings (SSSR count). The fourth-order valence-corrected chi connectivity index (χ4v) is 5.69. The number of hydrogen-bond acceptors (Lipinski definition) is 8. The normalized spacial score (nSPS) is 12.0. The van der Waals surface area contributed by atoms with Crippen LogP contribution in [0.25, 0.3) is 0 Å². The Kier molecular flexibility index (Phi) is 9.48. The van der Waals surface area contributed by atoms with Crippen molar-refractivity contribution in [2.45, 2.75) is 0 Å². The number of rotatable bonds is 0. The first kappa shape index (κ1) is 34.0. The fourth-order valence-electron chi connectivity index (χ4n) is 5.69. The molecule has 0 saturated heterocycles. The highest BCUT2D eigenvalue weighted by atomic mass is 16.5. The molecule has 0 unspecified atom stereocenters. The second kappa shape index (κ2) is 15.6. The molecule has 22 aliphatic rings. The van der Waals surface area contributed by atoms with Crippen LogP contribution in [0.3, 0.4) is 0 Å². The number of ether oxygens (including phenoxy) is 8. The zero-order valence-electron chi connectivity index (χ0n) is 29.7. The Morgan fingerprint density at radius 3 is 0.214 bits per heavy atom. The average molecular weight is 737 g/mol. The van der Waals surface area contributed by atoms with E-state index in [1.807, 2.05) is 194 Å². The van der Waals surface area contributed by atoms with E-state index in [-0.39, 0.29) is 0 Å². The van der Waals surface area contributed by atoms with Crippen molar-refractivity contribution >= 4 is 0 Å². The van der Waals surface area contributed by atoms with Crippen LogP contribution in [-0.4, -0.2) is 0 Å². The predicted octanol–water partition coefficient (Wildman–Crippen LogP) is 14.3. The molecule has 56 heavy (non-hydrogen) atoms. The van der Waals surface area contributed by atoms with E-state index in [0.29, 0.717) is 92.0 Å². The molecule has 8 aromatic carbocycles. The van der Waals surface area contributed by atoms with E-state index in [1.54, 1.807) is 0 Å². The van der Waals surface area contributed by atoms with Crippen LogP contribution in [0.1, 0.15) is 0 Å². The monoisotopic (exact) mass is 736 g/mol. The molecule has 0 radical (unpaired) electrons. The van der Waals surface area contributed by atoms with Crippen molar-refractivity contribution in [2.24, 2.45) is 0 Å². The molecule has 272 valence electrons. The van der Waals surface area contributed by atoms with Crippen molar-refractivity contribution in [1.29, 1.82) is 0 Å². The maximum absolute atomic E-state index is 6.05. The number of hydrogen-bond donors (Lipinski definition) is 0. The molecule has 0 aliphatic carbocycles. The molecule has 0 fully saturated rings. The van der Waals surface area contributed by atoms with E-state index in [1.165, 1.54) is 0 Å². The molecule has 0 atom stereocenters. The van der Waals surface area contributed by atoms with Crippen LogP contribution in [0, 0.1) is 0 Å². The van der Waals surface area contributed by atoms with Crippen LogP contribution < -0.4 is 37.9 Å². The Hall–Kier alpha value is -7.84. The van der Waals surface area contributed by atoms with Crippen molar-refractivity contribution in [3.63, 3.8) is 0 Å². The van der Waals surface area contributed by atoms with Gasteiger partial charge in [-0.3, -0.25) is 0 Å². The third kappa shape index (κ3) is 8.68. The SMILES string of the molecule is c1cc2ccc1Oc1ccc(cc1)Oc1ccc(cc1)Oc1ccc(cc1)Oc1ccc(cc1)Oc1ccc(cc1)Oc1ccc(cc1)Oc1ccc(cc1)O2. The van der Waals surface area contributed by atoms with Crippen LogP contribution in [0.5, 0.6) is 92.0 Å². The molecule has 0 N–H and O–H groups in total. The average Bonchev–Trinajstić information content (AvgIpc) is 3.23. The summed E-state index contributed by atoms with van der Waals surface area (Å²) >= 11 is 0. The predicted molar refractivity (Wildman–Crippen MR) is 212 cm³/mol. The molecule has 0 aromatic heterocycles. The van der Waals surface area contributed by atoms with Crippen LogP contribution in [-0.2, 0) is 0 Å². The second-order valence-electron chi connectivity index (χ2n) is 12.6. The number of benzene rings is 8. The smallest absolute Gasteiger partial charge is 0.127 e. The van der Waals surface area contributed by atoms with Gasteiger partial charge in [-0.15, -0.1) is 0 Å². The quantitative estimate of drug-likeness (QED) is 0.152. The van der Waals surface area contributed by atoms with Crippen LogP contribution in [0.2, 0.25) is 0 Å². The standard InChI is InChI=1S/C48H32O8/c1-2-34-4-3-33(1)49-35-5-7-37(8-6-35)51-39-13-15-41(16-14-39)53-43-21-23-45(24-22-43)55-47-29-31-48(32-30-47)56-46-27-25-44(26-28-46)54-42-19-17-40(18-20-42)52-38-11-9-36(50-34)10-12-38/h1-32H. The highest BCUT2D eigenvalue weighted by Gasteiger charge is 2.07. The van der Waals surface area contributed by atoms with Gasteiger partial charge in [0.05, 0.1) is 0 Å². The van der Waals surface area contributed by atoms with Gasteiger partial charge in [0.2, 0.25) is 0 Å². The molecule has 8 heteroatoms. The topological polar surface area (TPSA) is 73.8 Å². The van der Waals surface area contributed by atoms with Gasteiger partial charge in [0.15, 0.2) is 0 Å². The van der Waals surface area contributed by atoms with Crippen molar-refractivity contribution < 1.29 is 37.9 Å². The summed E-state index contributed by atoms with van der Waals surface area (Å²) in [5.41, 5.74) is 0. The minimum absolute atomic E-state index is 0.677. The Balaban J connectivity index is 0.912. The molecule has 0 saturated carbocycles. The molecule has 16 bridgehead atoms. The summed E-state index contributed by atoms with van der Waals surface area (Å²) in [6, 6.07) is 59.4. The van der Waals surface area contributed by atoms with Gasteiger partial charge in [0.25, 0.3) is 0 Å². The Morgan fingerprint density at radius 2 is 0.161 bits per heavy atom. The summed E-state index contributed by atoms with van der Waals surface area (Å²) in [7, 11) is 0. The van der Waals surface area contributed by atoms with Crippen LogP contribution in [0.4, 0.5) is 0 Å².